The van der Waals surface area contributed by atoms with Crippen LogP contribution >= 0.6 is 0 Å². The van der Waals surface area contributed by atoms with E-state index in [1.807, 2.05) is 0 Å². The molecule has 2 rings (SSSR count). The second-order valence-corrected chi connectivity index (χ2v) is 21.5. The fourth-order valence-corrected chi connectivity index (χ4v) is 10.2. The number of hydrogen-bond acceptors (Lipinski definition) is 13. The third-order valence-corrected chi connectivity index (χ3v) is 15.1. The topological polar surface area (TPSA) is 228 Å². The highest BCUT2D eigenvalue weighted by Crippen LogP contribution is 2.30. The van der Waals surface area contributed by atoms with E-state index in [0.29, 0.717) is 12.8 Å². The maximum absolute atomic E-state index is 13.2. The number of aliphatic hydroxyl groups excluding tert-OH is 8. The number of aliphatic hydroxyl groups is 8. The lowest BCUT2D eigenvalue weighted by Gasteiger charge is -2.46. The normalized spacial score (nSPS) is 25.7. The van der Waals surface area contributed by atoms with Crippen molar-refractivity contribution in [2.45, 2.75) is 338 Å². The maximum Gasteiger partial charge on any atom is 0.220 e. The molecule has 14 heteroatoms. The first-order chi connectivity index (χ1) is 34.6. The molecule has 9 N–H and O–H groups in total. The minimum absolute atomic E-state index is 0.205. The number of rotatable bonds is 48. The smallest absolute Gasteiger partial charge is 0.220 e. The minimum atomic E-state index is -1.78. The van der Waals surface area contributed by atoms with Crippen molar-refractivity contribution in [3.8, 4) is 0 Å². The molecule has 71 heavy (non-hydrogen) atoms. The predicted molar refractivity (Wildman–Crippen MR) is 282 cm³/mol. The van der Waals surface area contributed by atoms with E-state index in [4.69, 9.17) is 18.9 Å². The van der Waals surface area contributed by atoms with E-state index in [1.54, 1.807) is 0 Å². The average Bonchev–Trinajstić information content (AvgIpc) is 3.37. The molecule has 2 aliphatic rings. The molecule has 0 radical (unpaired) electrons. The molecule has 1 amide bonds. The number of carbonyl (C=O) groups is 1. The summed E-state index contributed by atoms with van der Waals surface area (Å²) >= 11 is 0. The van der Waals surface area contributed by atoms with Gasteiger partial charge in [-0.05, 0) is 12.8 Å². The Labute approximate surface area is 432 Å². The van der Waals surface area contributed by atoms with Crippen LogP contribution in [0.5, 0.6) is 0 Å². The molecule has 12 atom stereocenters. The Hall–Kier alpha value is -1.01. The monoisotopic (exact) mass is 1020 g/mol. The molecule has 0 spiro atoms. The molecule has 422 valence electrons. The zero-order chi connectivity index (χ0) is 51.7. The molecule has 0 bridgehead atoms. The van der Waals surface area contributed by atoms with Gasteiger partial charge in [0.25, 0.3) is 0 Å². The van der Waals surface area contributed by atoms with Gasteiger partial charge in [-0.2, -0.15) is 0 Å². The van der Waals surface area contributed by atoms with Gasteiger partial charge in [-0.1, -0.05) is 245 Å². The minimum Gasteiger partial charge on any atom is -0.394 e. The SMILES string of the molecule is CCCCCCCCCCCCCCCCCCCCCCCCCCCCCC(O)C(COC1OC(CO)C(OC2OC(CO)C(O)C(O)C2O)C(O)C1O)NC(=O)CCCCCCCCCCCC. The van der Waals surface area contributed by atoms with Crippen LogP contribution in [0.15, 0.2) is 0 Å². The highest BCUT2D eigenvalue weighted by molar-refractivity contribution is 5.76. The van der Waals surface area contributed by atoms with Crippen LogP contribution in [0, 0.1) is 0 Å². The first-order valence-electron chi connectivity index (χ1n) is 29.8. The van der Waals surface area contributed by atoms with Gasteiger partial charge < -0.3 is 65.1 Å². The Morgan fingerprint density at radius 3 is 1.20 bits per heavy atom. The van der Waals surface area contributed by atoms with Crippen molar-refractivity contribution >= 4 is 5.91 Å². The molecule has 12 unspecified atom stereocenters. The summed E-state index contributed by atoms with van der Waals surface area (Å²) in [4.78, 5) is 13.2. The molecule has 0 aliphatic carbocycles. The van der Waals surface area contributed by atoms with Gasteiger partial charge in [-0.3, -0.25) is 4.79 Å². The second-order valence-electron chi connectivity index (χ2n) is 21.5. The third-order valence-electron chi connectivity index (χ3n) is 15.1. The zero-order valence-corrected chi connectivity index (χ0v) is 45.2. The van der Waals surface area contributed by atoms with Gasteiger partial charge in [0.05, 0.1) is 32.0 Å². The van der Waals surface area contributed by atoms with E-state index >= 15 is 0 Å². The van der Waals surface area contributed by atoms with E-state index in [1.165, 1.54) is 186 Å². The quantitative estimate of drug-likeness (QED) is 0.0259. The maximum atomic E-state index is 13.2. The van der Waals surface area contributed by atoms with E-state index in [0.717, 1.165) is 51.4 Å². The Kier molecular flexibility index (Phi) is 41.1. The molecule has 0 aromatic carbocycles. The summed E-state index contributed by atoms with van der Waals surface area (Å²) in [5.41, 5.74) is 0. The molecular formula is C57H111NO13. The fraction of sp³-hybridized carbons (Fsp3) is 0.982. The number of unbranched alkanes of at least 4 members (excludes halogenated alkanes) is 35. The van der Waals surface area contributed by atoms with Gasteiger partial charge in [0, 0.05) is 6.42 Å². The highest BCUT2D eigenvalue weighted by atomic mass is 16.7. The first-order valence-corrected chi connectivity index (χ1v) is 29.8. The largest absolute Gasteiger partial charge is 0.394 e. The van der Waals surface area contributed by atoms with Gasteiger partial charge in [0.2, 0.25) is 5.91 Å². The average molecular weight is 1020 g/mol. The van der Waals surface area contributed by atoms with Crippen LogP contribution in [0.4, 0.5) is 0 Å². The standard InChI is InChI=1S/C57H111NO13/c1-3-5-7-9-11-13-15-16-17-18-19-20-21-22-23-24-25-26-27-28-29-30-31-32-34-36-38-40-46(61)45(58-49(62)41-39-37-35-33-14-12-10-8-6-4-2)44-68-56-54(67)52(65)55(48(43-60)70-56)71-57-53(66)51(64)50(63)47(42-59)69-57/h45-48,50-57,59-61,63-67H,3-44H2,1-2H3,(H,58,62). The van der Waals surface area contributed by atoms with Crippen LogP contribution in [0.2, 0.25) is 0 Å². The molecule has 14 nitrogen and oxygen atoms in total. The van der Waals surface area contributed by atoms with Crippen molar-refractivity contribution in [1.82, 2.24) is 5.32 Å². The summed E-state index contributed by atoms with van der Waals surface area (Å²) < 4.78 is 22.8. The molecule has 2 saturated heterocycles. The number of carbonyl (C=O) groups excluding carboxylic acids is 1. The van der Waals surface area contributed by atoms with Crippen LogP contribution in [-0.2, 0) is 23.7 Å². The van der Waals surface area contributed by atoms with Gasteiger partial charge in [0.15, 0.2) is 12.6 Å². The lowest BCUT2D eigenvalue weighted by molar-refractivity contribution is -0.359. The summed E-state index contributed by atoms with van der Waals surface area (Å²) in [6.45, 7) is 2.87. The summed E-state index contributed by atoms with van der Waals surface area (Å²) in [5.74, 6) is -0.205. The van der Waals surface area contributed by atoms with E-state index in [-0.39, 0.29) is 12.5 Å². The molecule has 0 aromatic heterocycles. The predicted octanol–water partition coefficient (Wildman–Crippen LogP) is 9.73. The van der Waals surface area contributed by atoms with Gasteiger partial charge in [0.1, 0.15) is 48.8 Å². The van der Waals surface area contributed by atoms with Gasteiger partial charge >= 0.3 is 0 Å². The van der Waals surface area contributed by atoms with Crippen LogP contribution in [0.1, 0.15) is 264 Å². The van der Waals surface area contributed by atoms with Crippen molar-refractivity contribution in [1.29, 1.82) is 0 Å². The number of hydrogen-bond donors (Lipinski definition) is 9. The Morgan fingerprint density at radius 1 is 0.451 bits per heavy atom. The molecule has 0 saturated carbocycles. The highest BCUT2D eigenvalue weighted by Gasteiger charge is 2.51. The van der Waals surface area contributed by atoms with Gasteiger partial charge in [-0.25, -0.2) is 0 Å². The van der Waals surface area contributed by atoms with Crippen molar-refractivity contribution < 1.29 is 64.6 Å². The zero-order valence-electron chi connectivity index (χ0n) is 45.2. The number of ether oxygens (including phenoxy) is 4. The number of nitrogens with one attached hydrogen (secondary N) is 1. The van der Waals surface area contributed by atoms with E-state index < -0.39 is 86.8 Å². The van der Waals surface area contributed by atoms with Gasteiger partial charge in [-0.15, -0.1) is 0 Å². The summed E-state index contributed by atoms with van der Waals surface area (Å²) in [5, 5.41) is 87.1. The molecule has 0 aromatic rings. The van der Waals surface area contributed by atoms with Crippen molar-refractivity contribution in [3.05, 3.63) is 0 Å². The molecular weight excluding hydrogens is 907 g/mol. The first kappa shape index (κ1) is 66.1. The Balaban J connectivity index is 1.67. The molecule has 2 heterocycles. The lowest BCUT2D eigenvalue weighted by Crippen LogP contribution is -2.65. The molecule has 2 aliphatic heterocycles. The van der Waals surface area contributed by atoms with E-state index in [9.17, 15) is 45.6 Å². The Morgan fingerprint density at radius 2 is 0.803 bits per heavy atom. The summed E-state index contributed by atoms with van der Waals surface area (Å²) in [6, 6.07) is -0.821. The van der Waals surface area contributed by atoms with Crippen LogP contribution < -0.4 is 5.32 Å². The van der Waals surface area contributed by atoms with Crippen LogP contribution in [-0.4, -0.2) is 140 Å². The fourth-order valence-electron chi connectivity index (χ4n) is 10.2. The lowest BCUT2D eigenvalue weighted by atomic mass is 9.97. The third kappa shape index (κ3) is 30.4. The second kappa shape index (κ2) is 44.2. The molecule has 2 fully saturated rings. The Bertz CT molecular complexity index is 1200. The number of amides is 1. The van der Waals surface area contributed by atoms with Crippen molar-refractivity contribution in [2.75, 3.05) is 19.8 Å². The van der Waals surface area contributed by atoms with Crippen LogP contribution in [0.25, 0.3) is 0 Å². The van der Waals surface area contributed by atoms with Crippen molar-refractivity contribution in [2.24, 2.45) is 0 Å². The summed E-state index contributed by atoms with van der Waals surface area (Å²) in [7, 11) is 0. The van der Waals surface area contributed by atoms with Crippen molar-refractivity contribution in [3.63, 3.8) is 0 Å². The van der Waals surface area contributed by atoms with E-state index in [2.05, 4.69) is 19.2 Å². The summed E-state index contributed by atoms with van der Waals surface area (Å²) in [6.07, 6.45) is 31.3. The van der Waals surface area contributed by atoms with Crippen LogP contribution in [0.3, 0.4) is 0 Å².